The van der Waals surface area contributed by atoms with Crippen LogP contribution in [-0.2, 0) is 19.7 Å². The molecule has 0 aliphatic carbocycles. The Bertz CT molecular complexity index is 541. The summed E-state index contributed by atoms with van der Waals surface area (Å²) in [5, 5.41) is 21.0. The Labute approximate surface area is 169 Å². The Hall–Kier alpha value is -1.15. The SMILES string of the molecule is CCCCCCCCC(CCCCCCCC)(C(=O)[O-])C(C(=O)[O-])S(=O)(=O)O. The average Bonchev–Trinajstić information content (AvgIpc) is 2.58. The van der Waals surface area contributed by atoms with Crippen LogP contribution in [0.5, 0.6) is 0 Å². The van der Waals surface area contributed by atoms with Crippen LogP contribution in [-0.4, -0.2) is 30.2 Å². The maximum Gasteiger partial charge on any atom is 0.274 e. The van der Waals surface area contributed by atoms with Crippen LogP contribution in [0.4, 0.5) is 0 Å². The first kappa shape index (κ1) is 26.9. The molecule has 1 N–H and O–H groups in total. The first-order chi connectivity index (χ1) is 13.1. The topological polar surface area (TPSA) is 135 Å². The number of carboxylic acid groups (broad SMARTS) is 2. The molecule has 0 aromatic rings. The zero-order valence-electron chi connectivity index (χ0n) is 17.3. The Kier molecular flexibility index (Phi) is 13.4. The van der Waals surface area contributed by atoms with Crippen molar-refractivity contribution >= 4 is 22.1 Å². The third kappa shape index (κ3) is 9.37. The molecular weight excluding hydrogens is 384 g/mol. The fourth-order valence-electron chi connectivity index (χ4n) is 3.77. The van der Waals surface area contributed by atoms with Crippen LogP contribution in [0.3, 0.4) is 0 Å². The lowest BCUT2D eigenvalue weighted by molar-refractivity contribution is -0.328. The van der Waals surface area contributed by atoms with Gasteiger partial charge in [-0.3, -0.25) is 4.55 Å². The molecule has 7 nitrogen and oxygen atoms in total. The standard InChI is InChI=1S/C20H38O7S/c1-3-5-7-9-11-13-15-20(19(23)24,16-14-12-10-8-6-4-2)17(18(21)22)28(25,26)27/h17H,3-16H2,1-2H3,(H,21,22)(H,23,24)(H,25,26,27)/p-2. The van der Waals surface area contributed by atoms with Crippen LogP contribution in [0.2, 0.25) is 0 Å². The molecule has 0 aromatic carbocycles. The van der Waals surface area contributed by atoms with E-state index in [1.165, 1.54) is 0 Å². The van der Waals surface area contributed by atoms with Gasteiger partial charge in [-0.25, -0.2) is 0 Å². The first-order valence-corrected chi connectivity index (χ1v) is 12.0. The van der Waals surface area contributed by atoms with Gasteiger partial charge in [0.05, 0.1) is 5.97 Å². The number of carbonyl (C=O) groups is 2. The van der Waals surface area contributed by atoms with E-state index in [2.05, 4.69) is 13.8 Å². The molecule has 1 atom stereocenters. The van der Waals surface area contributed by atoms with E-state index in [1.807, 2.05) is 0 Å². The van der Waals surface area contributed by atoms with Crippen molar-refractivity contribution in [3.63, 3.8) is 0 Å². The highest BCUT2D eigenvalue weighted by molar-refractivity contribution is 7.87. The summed E-state index contributed by atoms with van der Waals surface area (Å²) in [6.45, 7) is 4.14. The number of carboxylic acids is 2. The van der Waals surface area contributed by atoms with E-state index in [0.29, 0.717) is 25.7 Å². The Balaban J connectivity index is 5.31. The summed E-state index contributed by atoms with van der Waals surface area (Å²) in [6, 6.07) is 0. The third-order valence-electron chi connectivity index (χ3n) is 5.37. The molecule has 0 aliphatic heterocycles. The lowest BCUT2D eigenvalue weighted by atomic mass is 9.74. The maximum atomic E-state index is 12.0. The van der Waals surface area contributed by atoms with Crippen LogP contribution in [0.1, 0.15) is 104 Å². The minimum absolute atomic E-state index is 0.172. The second kappa shape index (κ2) is 13.9. The summed E-state index contributed by atoms with van der Waals surface area (Å²) in [7, 11) is -5.15. The average molecular weight is 421 g/mol. The van der Waals surface area contributed by atoms with Gasteiger partial charge in [0.25, 0.3) is 10.1 Å². The minimum atomic E-state index is -5.15. The van der Waals surface area contributed by atoms with Gasteiger partial charge in [0, 0.05) is 11.4 Å². The summed E-state index contributed by atoms with van der Waals surface area (Å²) in [5.74, 6) is -3.84. The van der Waals surface area contributed by atoms with Crippen molar-refractivity contribution in [2.75, 3.05) is 0 Å². The van der Waals surface area contributed by atoms with Gasteiger partial charge in [0.15, 0.2) is 0 Å². The molecule has 1 unspecified atom stereocenters. The normalized spacial score (nSPS) is 13.4. The van der Waals surface area contributed by atoms with E-state index in [9.17, 15) is 32.8 Å². The summed E-state index contributed by atoms with van der Waals surface area (Å²) < 4.78 is 32.9. The zero-order valence-corrected chi connectivity index (χ0v) is 18.1. The van der Waals surface area contributed by atoms with E-state index < -0.39 is 32.7 Å². The second-order valence-electron chi connectivity index (χ2n) is 7.69. The van der Waals surface area contributed by atoms with Crippen molar-refractivity contribution < 1.29 is 32.8 Å². The Morgan fingerprint density at radius 2 is 1.14 bits per heavy atom. The third-order valence-corrected chi connectivity index (χ3v) is 6.61. The van der Waals surface area contributed by atoms with E-state index in [1.54, 1.807) is 0 Å². The summed E-state index contributed by atoms with van der Waals surface area (Å²) in [5.41, 5.74) is -2.18. The van der Waals surface area contributed by atoms with Gasteiger partial charge < -0.3 is 19.8 Å². The quantitative estimate of drug-likeness (QED) is 0.265. The lowest BCUT2D eigenvalue weighted by Gasteiger charge is -2.40. The first-order valence-electron chi connectivity index (χ1n) is 10.5. The number of hydrogen-bond acceptors (Lipinski definition) is 6. The molecule has 28 heavy (non-hydrogen) atoms. The molecule has 0 spiro atoms. The molecule has 0 heterocycles. The Morgan fingerprint density at radius 3 is 1.43 bits per heavy atom. The van der Waals surface area contributed by atoms with Crippen LogP contribution < -0.4 is 10.2 Å². The van der Waals surface area contributed by atoms with Crippen molar-refractivity contribution in [2.45, 2.75) is 109 Å². The van der Waals surface area contributed by atoms with E-state index >= 15 is 0 Å². The highest BCUT2D eigenvalue weighted by atomic mass is 32.2. The molecule has 0 bridgehead atoms. The number of carbonyl (C=O) groups excluding carboxylic acids is 2. The van der Waals surface area contributed by atoms with Crippen LogP contribution >= 0.6 is 0 Å². The molecule has 166 valence electrons. The van der Waals surface area contributed by atoms with Crippen LogP contribution in [0.25, 0.3) is 0 Å². The van der Waals surface area contributed by atoms with Gasteiger partial charge in [-0.05, 0) is 12.8 Å². The molecule has 0 radical (unpaired) electrons. The maximum absolute atomic E-state index is 12.0. The minimum Gasteiger partial charge on any atom is -0.549 e. The number of aliphatic carboxylic acids is 2. The van der Waals surface area contributed by atoms with E-state index in [0.717, 1.165) is 51.4 Å². The van der Waals surface area contributed by atoms with Crippen LogP contribution in [0, 0.1) is 5.41 Å². The van der Waals surface area contributed by atoms with Crippen molar-refractivity contribution in [1.82, 2.24) is 0 Å². The summed E-state index contributed by atoms with van der Waals surface area (Å²) >= 11 is 0. The van der Waals surface area contributed by atoms with Crippen molar-refractivity contribution in [3.8, 4) is 0 Å². The number of hydrogen-bond donors (Lipinski definition) is 1. The number of unbranched alkanes of at least 4 members (excludes halogenated alkanes) is 10. The van der Waals surface area contributed by atoms with Gasteiger partial charge in [0.1, 0.15) is 5.25 Å². The molecular formula is C20H36O7S-2. The second-order valence-corrected chi connectivity index (χ2v) is 9.19. The fraction of sp³-hybridized carbons (Fsp3) is 0.900. The van der Waals surface area contributed by atoms with Crippen molar-refractivity contribution in [3.05, 3.63) is 0 Å². The van der Waals surface area contributed by atoms with Gasteiger partial charge >= 0.3 is 0 Å². The monoisotopic (exact) mass is 420 g/mol. The van der Waals surface area contributed by atoms with Crippen molar-refractivity contribution in [2.24, 2.45) is 5.41 Å². The lowest BCUT2D eigenvalue weighted by Crippen LogP contribution is -2.59. The predicted octanol–water partition coefficient (Wildman–Crippen LogP) is 2.23. The highest BCUT2D eigenvalue weighted by Crippen LogP contribution is 2.38. The van der Waals surface area contributed by atoms with Gasteiger partial charge in [-0.2, -0.15) is 8.42 Å². The smallest absolute Gasteiger partial charge is 0.274 e. The Morgan fingerprint density at radius 1 is 0.786 bits per heavy atom. The van der Waals surface area contributed by atoms with Crippen LogP contribution in [0.15, 0.2) is 0 Å². The van der Waals surface area contributed by atoms with Gasteiger partial charge in [-0.15, -0.1) is 0 Å². The van der Waals surface area contributed by atoms with Gasteiger partial charge in [0.2, 0.25) is 0 Å². The molecule has 0 fully saturated rings. The zero-order chi connectivity index (χ0) is 21.6. The summed E-state index contributed by atoms with van der Waals surface area (Å²) in [4.78, 5) is 23.5. The van der Waals surface area contributed by atoms with E-state index in [-0.39, 0.29) is 12.8 Å². The van der Waals surface area contributed by atoms with Gasteiger partial charge in [-0.1, -0.05) is 90.9 Å². The molecule has 0 aliphatic rings. The number of rotatable bonds is 18. The summed E-state index contributed by atoms with van der Waals surface area (Å²) in [6.07, 6.45) is 9.57. The fourth-order valence-corrected chi connectivity index (χ4v) is 4.92. The largest absolute Gasteiger partial charge is 0.549 e. The highest BCUT2D eigenvalue weighted by Gasteiger charge is 2.47. The predicted molar refractivity (Wildman–Crippen MR) is 104 cm³/mol. The molecule has 0 saturated carbocycles. The molecule has 0 amide bonds. The molecule has 0 saturated heterocycles. The molecule has 8 heteroatoms. The van der Waals surface area contributed by atoms with E-state index in [4.69, 9.17) is 0 Å². The molecule has 0 aromatic heterocycles. The molecule has 0 rings (SSSR count). The van der Waals surface area contributed by atoms with Crippen molar-refractivity contribution in [1.29, 1.82) is 0 Å².